The maximum Gasteiger partial charge on any atom is 0.232 e. The summed E-state index contributed by atoms with van der Waals surface area (Å²) in [5.74, 6) is 0.586. The van der Waals surface area contributed by atoms with E-state index in [2.05, 4.69) is 30.7 Å². The van der Waals surface area contributed by atoms with Gasteiger partial charge in [-0.3, -0.25) is 0 Å². The Bertz CT molecular complexity index is 521. The Labute approximate surface area is 210 Å². The van der Waals surface area contributed by atoms with Gasteiger partial charge in [0.15, 0.2) is 0 Å². The predicted octanol–water partition coefficient (Wildman–Crippen LogP) is 8.97. The quantitative estimate of drug-likeness (QED) is 0.104. The van der Waals surface area contributed by atoms with E-state index in [1.54, 1.807) is 12.4 Å². The van der Waals surface area contributed by atoms with Crippen LogP contribution in [0.5, 0.6) is 5.88 Å². The zero-order valence-corrected chi connectivity index (χ0v) is 22.7. The number of unbranched alkanes of at least 4 members (excludes halogenated alkanes) is 15. The van der Waals surface area contributed by atoms with Gasteiger partial charge in [0.25, 0.3) is 0 Å². The van der Waals surface area contributed by atoms with E-state index in [4.69, 9.17) is 14.2 Å². The van der Waals surface area contributed by atoms with Crippen molar-refractivity contribution < 1.29 is 14.2 Å². The van der Waals surface area contributed by atoms with Gasteiger partial charge in [0.05, 0.1) is 32.2 Å². The lowest BCUT2D eigenvalue weighted by atomic mass is 10.1. The average Bonchev–Trinajstić information content (AvgIpc) is 2.86. The van der Waals surface area contributed by atoms with Crippen molar-refractivity contribution in [3.8, 4) is 5.88 Å². The molecule has 0 bridgehead atoms. The minimum absolute atomic E-state index is 0.439. The summed E-state index contributed by atoms with van der Waals surface area (Å²) in [7, 11) is 0. The van der Waals surface area contributed by atoms with Gasteiger partial charge < -0.3 is 14.2 Å². The van der Waals surface area contributed by atoms with Crippen molar-refractivity contribution in [1.29, 1.82) is 0 Å². The number of aromatic nitrogens is 2. The van der Waals surface area contributed by atoms with Gasteiger partial charge in [0.1, 0.15) is 5.69 Å². The predicted molar refractivity (Wildman–Crippen MR) is 142 cm³/mol. The largest absolute Gasteiger partial charge is 0.477 e. The summed E-state index contributed by atoms with van der Waals surface area (Å²) < 4.78 is 18.0. The molecule has 1 aromatic heterocycles. The molecule has 5 nitrogen and oxygen atoms in total. The minimum Gasteiger partial charge on any atom is -0.477 e. The molecule has 0 saturated carbocycles. The Morgan fingerprint density at radius 3 is 1.41 bits per heavy atom. The number of rotatable bonds is 25. The molecule has 0 saturated heterocycles. The van der Waals surface area contributed by atoms with Crippen LogP contribution in [0, 0.1) is 0 Å². The molecular weight excluding hydrogens is 424 g/mol. The first-order valence-electron chi connectivity index (χ1n) is 14.5. The zero-order chi connectivity index (χ0) is 24.5. The molecule has 0 spiro atoms. The second-order valence-electron chi connectivity index (χ2n) is 9.50. The maximum absolute atomic E-state index is 6.10. The molecule has 0 fully saturated rings. The topological polar surface area (TPSA) is 53.5 Å². The van der Waals surface area contributed by atoms with Crippen LogP contribution in [0.3, 0.4) is 0 Å². The summed E-state index contributed by atoms with van der Waals surface area (Å²) in [6.45, 7) is 8.85. The number of nitrogens with zero attached hydrogens (tertiary/aromatic N) is 2. The van der Waals surface area contributed by atoms with E-state index in [9.17, 15) is 0 Å². The van der Waals surface area contributed by atoms with Crippen molar-refractivity contribution in [2.75, 3.05) is 19.8 Å². The first-order chi connectivity index (χ1) is 16.8. The van der Waals surface area contributed by atoms with Crippen LogP contribution in [0.15, 0.2) is 12.4 Å². The van der Waals surface area contributed by atoms with Crippen LogP contribution in [0.4, 0.5) is 0 Å². The highest BCUT2D eigenvalue weighted by Gasteiger charge is 2.15. The SMILES string of the molecule is CCCCCCCCOc1cnc(C(OCCCCCCCC)OCCCCCCCC)cn1. The van der Waals surface area contributed by atoms with E-state index >= 15 is 0 Å². The standard InChI is InChI=1S/C29H54N2O3/c1-4-7-10-13-16-19-22-32-28-26-30-27(25-31-28)29(33-23-20-17-14-11-8-5-2)34-24-21-18-15-12-9-6-3/h25-26,29H,4-24H2,1-3H3. The van der Waals surface area contributed by atoms with Crippen molar-refractivity contribution >= 4 is 0 Å². The highest BCUT2D eigenvalue weighted by atomic mass is 16.7. The molecule has 0 aliphatic carbocycles. The summed E-state index contributed by atoms with van der Waals surface area (Å²) >= 11 is 0. The van der Waals surface area contributed by atoms with Crippen LogP contribution in [0.1, 0.15) is 148 Å². The Hall–Kier alpha value is -1.20. The molecule has 0 unspecified atom stereocenters. The number of hydrogen-bond acceptors (Lipinski definition) is 5. The van der Waals surface area contributed by atoms with E-state index in [-0.39, 0.29) is 0 Å². The highest BCUT2D eigenvalue weighted by molar-refractivity contribution is 5.08. The Kier molecular flexibility index (Phi) is 21.3. The molecule has 1 rings (SSSR count). The molecule has 0 atom stereocenters. The average molecular weight is 479 g/mol. The molecule has 0 aliphatic heterocycles. The fourth-order valence-electron chi connectivity index (χ4n) is 3.95. The molecule has 0 radical (unpaired) electrons. The molecule has 34 heavy (non-hydrogen) atoms. The fourth-order valence-corrected chi connectivity index (χ4v) is 3.95. The van der Waals surface area contributed by atoms with Gasteiger partial charge in [-0.15, -0.1) is 0 Å². The third kappa shape index (κ3) is 17.3. The monoisotopic (exact) mass is 478 g/mol. The Balaban J connectivity index is 2.39. The zero-order valence-electron chi connectivity index (χ0n) is 22.7. The van der Waals surface area contributed by atoms with Gasteiger partial charge >= 0.3 is 0 Å². The van der Waals surface area contributed by atoms with Gasteiger partial charge in [-0.1, -0.05) is 117 Å². The molecule has 1 aromatic rings. The Morgan fingerprint density at radius 2 is 0.971 bits per heavy atom. The molecule has 0 N–H and O–H groups in total. The van der Waals surface area contributed by atoms with Gasteiger partial charge in [-0.2, -0.15) is 0 Å². The molecule has 1 heterocycles. The number of ether oxygens (including phenoxy) is 3. The van der Waals surface area contributed by atoms with Crippen molar-refractivity contribution in [1.82, 2.24) is 9.97 Å². The lowest BCUT2D eigenvalue weighted by molar-refractivity contribution is -0.150. The first-order valence-corrected chi connectivity index (χ1v) is 14.5. The summed E-state index contributed by atoms with van der Waals surface area (Å²) in [4.78, 5) is 9.02. The van der Waals surface area contributed by atoms with Gasteiger partial charge in [0.2, 0.25) is 12.2 Å². The fraction of sp³-hybridized carbons (Fsp3) is 0.862. The normalized spacial score (nSPS) is 11.4. The summed E-state index contributed by atoms with van der Waals surface area (Å²) in [6.07, 6.45) is 25.5. The van der Waals surface area contributed by atoms with E-state index in [1.807, 2.05) is 0 Å². The van der Waals surface area contributed by atoms with Crippen LogP contribution < -0.4 is 4.74 Å². The van der Waals surface area contributed by atoms with Crippen LogP contribution >= 0.6 is 0 Å². The second-order valence-corrected chi connectivity index (χ2v) is 9.50. The molecule has 5 heteroatoms. The maximum atomic E-state index is 6.10. The summed E-state index contributed by atoms with van der Waals surface area (Å²) in [5, 5.41) is 0. The third-order valence-electron chi connectivity index (χ3n) is 6.17. The van der Waals surface area contributed by atoms with Crippen molar-refractivity contribution in [2.24, 2.45) is 0 Å². The molecular formula is C29H54N2O3. The van der Waals surface area contributed by atoms with E-state index in [0.29, 0.717) is 25.7 Å². The number of hydrogen-bond donors (Lipinski definition) is 0. The lowest BCUT2D eigenvalue weighted by Gasteiger charge is -2.18. The first kappa shape index (κ1) is 30.8. The molecule has 0 amide bonds. The summed E-state index contributed by atoms with van der Waals surface area (Å²) in [6, 6.07) is 0. The van der Waals surface area contributed by atoms with Gasteiger partial charge in [0, 0.05) is 0 Å². The van der Waals surface area contributed by atoms with Crippen LogP contribution in [0.2, 0.25) is 0 Å². The van der Waals surface area contributed by atoms with E-state index in [1.165, 1.54) is 96.3 Å². The minimum atomic E-state index is -0.439. The Morgan fingerprint density at radius 1 is 0.529 bits per heavy atom. The van der Waals surface area contributed by atoms with Crippen LogP contribution in [-0.4, -0.2) is 29.8 Å². The van der Waals surface area contributed by atoms with Crippen molar-refractivity contribution in [2.45, 2.75) is 143 Å². The highest BCUT2D eigenvalue weighted by Crippen LogP contribution is 2.20. The van der Waals surface area contributed by atoms with Crippen molar-refractivity contribution in [3.63, 3.8) is 0 Å². The van der Waals surface area contributed by atoms with Gasteiger partial charge in [-0.25, -0.2) is 9.97 Å². The van der Waals surface area contributed by atoms with Crippen molar-refractivity contribution in [3.05, 3.63) is 18.1 Å². The van der Waals surface area contributed by atoms with E-state index < -0.39 is 6.29 Å². The molecule has 198 valence electrons. The summed E-state index contributed by atoms with van der Waals surface area (Å²) in [5.41, 5.74) is 0.740. The van der Waals surface area contributed by atoms with Gasteiger partial charge in [-0.05, 0) is 19.3 Å². The lowest BCUT2D eigenvalue weighted by Crippen LogP contribution is -2.13. The van der Waals surface area contributed by atoms with Crippen LogP contribution in [-0.2, 0) is 9.47 Å². The molecule has 0 aliphatic rings. The van der Waals surface area contributed by atoms with E-state index in [0.717, 1.165) is 25.0 Å². The molecule has 0 aromatic carbocycles. The van der Waals surface area contributed by atoms with Crippen LogP contribution in [0.25, 0.3) is 0 Å². The smallest absolute Gasteiger partial charge is 0.232 e. The third-order valence-corrected chi connectivity index (χ3v) is 6.17. The second kappa shape index (κ2) is 23.5.